The monoisotopic (exact) mass is 413 g/mol. The van der Waals surface area contributed by atoms with Crippen molar-refractivity contribution >= 4 is 30.7 Å². The number of hydrogen-bond donors (Lipinski definition) is 2. The minimum atomic E-state index is -0.392. The van der Waals surface area contributed by atoms with Crippen molar-refractivity contribution in [2.24, 2.45) is 7.05 Å². The van der Waals surface area contributed by atoms with Crippen LogP contribution in [0.5, 0.6) is 0 Å². The Morgan fingerprint density at radius 1 is 1.26 bits per heavy atom. The smallest absolute Gasteiger partial charge is 0.241 e. The fourth-order valence-corrected chi connectivity index (χ4v) is 3.67. The van der Waals surface area contributed by atoms with Crippen LogP contribution >= 0.6 is 24.8 Å². The van der Waals surface area contributed by atoms with Gasteiger partial charge in [-0.25, -0.2) is 0 Å². The van der Waals surface area contributed by atoms with Crippen molar-refractivity contribution in [3.63, 3.8) is 0 Å². The molecule has 0 fully saturated rings. The normalized spacial score (nSPS) is 15.4. The number of aromatic nitrogens is 2. The van der Waals surface area contributed by atoms with E-state index in [0.717, 1.165) is 18.4 Å². The van der Waals surface area contributed by atoms with Gasteiger partial charge in [0, 0.05) is 30.9 Å². The van der Waals surface area contributed by atoms with Crippen LogP contribution in [-0.4, -0.2) is 53.8 Å². The number of nitrogens with zero attached hydrogens (tertiary/aromatic N) is 3. The number of nitrogens with one attached hydrogen (secondary N) is 2. The summed E-state index contributed by atoms with van der Waals surface area (Å²) in [4.78, 5) is 15.0. The van der Waals surface area contributed by atoms with E-state index in [-0.39, 0.29) is 36.3 Å². The number of halogens is 2. The maximum Gasteiger partial charge on any atom is 0.241 e. The van der Waals surface area contributed by atoms with E-state index in [2.05, 4.69) is 59.0 Å². The fourth-order valence-electron chi connectivity index (χ4n) is 3.67. The lowest BCUT2D eigenvalue weighted by Crippen LogP contribution is -2.54. The Hall–Kier alpha value is -1.60. The molecule has 1 aliphatic rings. The van der Waals surface area contributed by atoms with Crippen molar-refractivity contribution in [1.29, 1.82) is 0 Å². The molecule has 8 heteroatoms. The van der Waals surface area contributed by atoms with E-state index in [4.69, 9.17) is 0 Å². The van der Waals surface area contributed by atoms with Crippen LogP contribution in [0.15, 0.2) is 36.7 Å². The number of aryl methyl sites for hydroxylation is 1. The zero-order valence-electron chi connectivity index (χ0n) is 16.2. The number of benzene rings is 1. The molecular weight excluding hydrogens is 385 g/mol. The molecule has 0 aliphatic heterocycles. The minimum Gasteiger partial charge on any atom is -0.353 e. The minimum absolute atomic E-state index is 0. The number of carbonyl (C=O) groups is 1. The summed E-state index contributed by atoms with van der Waals surface area (Å²) in [5, 5.41) is 10.4. The van der Waals surface area contributed by atoms with E-state index in [1.807, 2.05) is 13.2 Å². The van der Waals surface area contributed by atoms with Gasteiger partial charge in [0.05, 0.1) is 6.20 Å². The lowest BCUT2D eigenvalue weighted by molar-refractivity contribution is -0.123. The lowest BCUT2D eigenvalue weighted by atomic mass is 9.93. The summed E-state index contributed by atoms with van der Waals surface area (Å²) < 4.78 is 1.71. The summed E-state index contributed by atoms with van der Waals surface area (Å²) in [5.74, 6) is -0.0207. The highest BCUT2D eigenvalue weighted by Gasteiger charge is 2.39. The number of hydrogen-bond acceptors (Lipinski definition) is 4. The zero-order chi connectivity index (χ0) is 18.0. The molecule has 0 radical (unpaired) electrons. The van der Waals surface area contributed by atoms with Gasteiger partial charge < -0.3 is 15.5 Å². The van der Waals surface area contributed by atoms with Crippen molar-refractivity contribution < 1.29 is 4.79 Å². The van der Waals surface area contributed by atoms with Gasteiger partial charge in [0.15, 0.2) is 0 Å². The Bertz CT molecular complexity index is 737. The topological polar surface area (TPSA) is 62.2 Å². The molecule has 3 rings (SSSR count). The third-order valence-corrected chi connectivity index (χ3v) is 5.31. The van der Waals surface area contributed by atoms with Crippen molar-refractivity contribution in [2.45, 2.75) is 24.4 Å². The first-order valence-corrected chi connectivity index (χ1v) is 8.63. The van der Waals surface area contributed by atoms with Gasteiger partial charge in [-0.3, -0.25) is 9.48 Å². The Labute approximate surface area is 173 Å². The quantitative estimate of drug-likeness (QED) is 0.756. The van der Waals surface area contributed by atoms with Gasteiger partial charge in [0.1, 0.15) is 6.04 Å². The Balaban J connectivity index is 0.00000182. The second-order valence-electron chi connectivity index (χ2n) is 7.13. The predicted octanol–water partition coefficient (Wildman–Crippen LogP) is 1.74. The van der Waals surface area contributed by atoms with Crippen LogP contribution in [0.3, 0.4) is 0 Å². The molecule has 2 aromatic rings. The summed E-state index contributed by atoms with van der Waals surface area (Å²) in [7, 11) is 7.83. The first kappa shape index (κ1) is 23.4. The van der Waals surface area contributed by atoms with Crippen molar-refractivity contribution in [2.75, 3.05) is 27.7 Å². The highest BCUT2D eigenvalue weighted by Crippen LogP contribution is 2.33. The number of rotatable bonds is 6. The van der Waals surface area contributed by atoms with Crippen molar-refractivity contribution in [3.05, 3.63) is 53.3 Å². The molecular formula is C19H29Cl2N5O. The summed E-state index contributed by atoms with van der Waals surface area (Å²) in [6.07, 6.45) is 5.50. The lowest BCUT2D eigenvalue weighted by Gasteiger charge is -2.37. The summed E-state index contributed by atoms with van der Waals surface area (Å²) in [6.45, 7) is 0.617. The second kappa shape index (κ2) is 9.55. The number of fused-ring (bicyclic) bond motifs is 1. The molecule has 1 aromatic heterocycles. The number of likely N-dealkylation sites (N-methyl/N-ethyl adjacent to an activating group) is 2. The van der Waals surface area contributed by atoms with E-state index in [0.29, 0.717) is 6.54 Å². The van der Waals surface area contributed by atoms with E-state index >= 15 is 0 Å². The van der Waals surface area contributed by atoms with Crippen molar-refractivity contribution in [3.8, 4) is 0 Å². The largest absolute Gasteiger partial charge is 0.353 e. The SMILES string of the molecule is CNC(C(=O)NCC1(N(C)C)Cc2ccccc2C1)c1cnn(C)c1.Cl.Cl. The van der Waals surface area contributed by atoms with Crippen LogP contribution in [0.2, 0.25) is 0 Å². The van der Waals surface area contributed by atoms with Crippen LogP contribution in [0.1, 0.15) is 22.7 Å². The molecule has 1 unspecified atom stereocenters. The van der Waals surface area contributed by atoms with Crippen molar-refractivity contribution in [1.82, 2.24) is 25.3 Å². The van der Waals surface area contributed by atoms with Gasteiger partial charge in [0.2, 0.25) is 5.91 Å². The number of amides is 1. The Morgan fingerprint density at radius 3 is 2.30 bits per heavy atom. The summed E-state index contributed by atoms with van der Waals surface area (Å²) >= 11 is 0. The van der Waals surface area contributed by atoms with Crippen LogP contribution in [0.4, 0.5) is 0 Å². The molecule has 1 atom stereocenters. The predicted molar refractivity (Wildman–Crippen MR) is 113 cm³/mol. The average Bonchev–Trinajstić information content (AvgIpc) is 3.18. The molecule has 0 spiro atoms. The third kappa shape index (κ3) is 4.82. The van der Waals surface area contributed by atoms with Gasteiger partial charge in [-0.15, -0.1) is 24.8 Å². The first-order chi connectivity index (χ1) is 11.9. The second-order valence-corrected chi connectivity index (χ2v) is 7.13. The first-order valence-electron chi connectivity index (χ1n) is 8.63. The van der Waals surface area contributed by atoms with Gasteiger partial charge in [-0.2, -0.15) is 5.10 Å². The van der Waals surface area contributed by atoms with E-state index in [1.165, 1.54) is 11.1 Å². The third-order valence-electron chi connectivity index (χ3n) is 5.31. The van der Waals surface area contributed by atoms with Gasteiger partial charge in [-0.1, -0.05) is 24.3 Å². The van der Waals surface area contributed by atoms with E-state index in [9.17, 15) is 4.79 Å². The average molecular weight is 414 g/mol. The molecule has 0 bridgehead atoms. The van der Waals surface area contributed by atoms with Crippen LogP contribution in [0.25, 0.3) is 0 Å². The summed E-state index contributed by atoms with van der Waals surface area (Å²) in [5.41, 5.74) is 3.55. The van der Waals surface area contributed by atoms with Crippen LogP contribution in [-0.2, 0) is 24.7 Å². The molecule has 0 saturated heterocycles. The standard InChI is InChI=1S/C19H27N5O.2ClH/c1-20-17(16-11-22-24(4)12-16)18(25)21-13-19(23(2)3)9-14-7-5-6-8-15(14)10-19;;/h5-8,11-12,17,20H,9-10,13H2,1-4H3,(H,21,25);2*1H. The van der Waals surface area contributed by atoms with Gasteiger partial charge >= 0.3 is 0 Å². The Morgan fingerprint density at radius 2 is 1.85 bits per heavy atom. The van der Waals surface area contributed by atoms with E-state index < -0.39 is 6.04 Å². The number of carbonyl (C=O) groups excluding carboxylic acids is 1. The Kier molecular flexibility index (Phi) is 8.29. The molecule has 27 heavy (non-hydrogen) atoms. The van der Waals surface area contributed by atoms with Gasteiger partial charge in [0.25, 0.3) is 0 Å². The zero-order valence-corrected chi connectivity index (χ0v) is 17.9. The molecule has 6 nitrogen and oxygen atoms in total. The molecule has 2 N–H and O–H groups in total. The van der Waals surface area contributed by atoms with Crippen LogP contribution in [0, 0.1) is 0 Å². The maximum absolute atomic E-state index is 12.7. The summed E-state index contributed by atoms with van der Waals surface area (Å²) in [6, 6.07) is 8.16. The molecule has 0 saturated carbocycles. The van der Waals surface area contributed by atoms with Crippen LogP contribution < -0.4 is 10.6 Å². The molecule has 150 valence electrons. The van der Waals surface area contributed by atoms with E-state index in [1.54, 1.807) is 17.9 Å². The highest BCUT2D eigenvalue weighted by molar-refractivity contribution is 5.85. The molecule has 1 heterocycles. The fraction of sp³-hybridized carbons (Fsp3) is 0.474. The maximum atomic E-state index is 12.7. The molecule has 1 amide bonds. The highest BCUT2D eigenvalue weighted by atomic mass is 35.5. The van der Waals surface area contributed by atoms with Gasteiger partial charge in [-0.05, 0) is 45.1 Å². The molecule has 1 aliphatic carbocycles. The molecule has 1 aromatic carbocycles.